The van der Waals surface area contributed by atoms with E-state index < -0.39 is 0 Å². The lowest BCUT2D eigenvalue weighted by atomic mass is 10.3. The highest BCUT2D eigenvalue weighted by molar-refractivity contribution is 5.45. The summed E-state index contributed by atoms with van der Waals surface area (Å²) in [4.78, 5) is 4.52. The summed E-state index contributed by atoms with van der Waals surface area (Å²) in [5.74, 6) is 1.73. The van der Waals surface area contributed by atoms with Crippen LogP contribution in [0.15, 0.2) is 47.3 Å². The van der Waals surface area contributed by atoms with E-state index in [2.05, 4.69) is 4.98 Å². The quantitative estimate of drug-likeness (QED) is 0.691. The van der Waals surface area contributed by atoms with Crippen molar-refractivity contribution < 1.29 is 9.15 Å². The van der Waals surface area contributed by atoms with E-state index >= 15 is 0 Å². The van der Waals surface area contributed by atoms with Crippen LogP contribution in [0.3, 0.4) is 0 Å². The van der Waals surface area contributed by atoms with E-state index in [9.17, 15) is 0 Å². The van der Waals surface area contributed by atoms with Crippen LogP contribution in [-0.4, -0.2) is 16.5 Å². The van der Waals surface area contributed by atoms with Crippen molar-refractivity contribution >= 4 is 5.65 Å². The van der Waals surface area contributed by atoms with Crippen molar-refractivity contribution in [2.24, 2.45) is 0 Å². The molecular weight excluding hydrogens is 216 g/mol. The van der Waals surface area contributed by atoms with E-state index in [4.69, 9.17) is 9.15 Å². The number of methoxy groups -OCH3 is 1. The zero-order chi connectivity index (χ0) is 11.7. The van der Waals surface area contributed by atoms with Gasteiger partial charge < -0.3 is 13.6 Å². The van der Waals surface area contributed by atoms with Crippen LogP contribution in [0.2, 0.25) is 0 Å². The summed E-state index contributed by atoms with van der Waals surface area (Å²) in [6.07, 6.45) is 6.31. The molecule has 0 unspecified atom stereocenters. The van der Waals surface area contributed by atoms with E-state index in [0.717, 1.165) is 22.9 Å². The van der Waals surface area contributed by atoms with Gasteiger partial charge in [0.2, 0.25) is 0 Å². The molecule has 4 nitrogen and oxygen atoms in total. The number of hydrogen-bond acceptors (Lipinski definition) is 3. The Bertz CT molecular complexity index is 626. The number of furan rings is 1. The van der Waals surface area contributed by atoms with E-state index in [0.29, 0.717) is 6.42 Å². The molecule has 0 saturated carbocycles. The van der Waals surface area contributed by atoms with Crippen LogP contribution in [0.4, 0.5) is 0 Å². The van der Waals surface area contributed by atoms with Crippen LogP contribution in [0.1, 0.15) is 11.5 Å². The predicted octanol–water partition coefficient (Wildman–Crippen LogP) is 2.53. The van der Waals surface area contributed by atoms with E-state index in [-0.39, 0.29) is 0 Å². The van der Waals surface area contributed by atoms with Crippen molar-refractivity contribution in [3.63, 3.8) is 0 Å². The van der Waals surface area contributed by atoms with Gasteiger partial charge >= 0.3 is 0 Å². The Morgan fingerprint density at radius 1 is 1.41 bits per heavy atom. The Kier molecular flexibility index (Phi) is 2.33. The molecule has 0 aromatic carbocycles. The molecule has 3 heterocycles. The molecule has 0 aliphatic heterocycles. The largest absolute Gasteiger partial charge is 0.497 e. The third kappa shape index (κ3) is 1.89. The molecule has 17 heavy (non-hydrogen) atoms. The van der Waals surface area contributed by atoms with Crippen molar-refractivity contribution in [3.05, 3.63) is 54.4 Å². The van der Waals surface area contributed by atoms with Gasteiger partial charge in [0, 0.05) is 24.9 Å². The first-order valence-electron chi connectivity index (χ1n) is 5.39. The maximum Gasteiger partial charge on any atom is 0.140 e. The number of hydrogen-bond donors (Lipinski definition) is 0. The minimum atomic E-state index is 0.705. The first-order chi connectivity index (χ1) is 8.35. The van der Waals surface area contributed by atoms with Crippen molar-refractivity contribution in [2.75, 3.05) is 7.11 Å². The summed E-state index contributed by atoms with van der Waals surface area (Å²) in [6.45, 7) is 0. The van der Waals surface area contributed by atoms with Crippen molar-refractivity contribution in [2.45, 2.75) is 6.42 Å². The molecule has 0 bridgehead atoms. The lowest BCUT2D eigenvalue weighted by Crippen LogP contribution is -1.86. The zero-order valence-electron chi connectivity index (χ0n) is 9.46. The molecule has 0 aliphatic rings. The van der Waals surface area contributed by atoms with Crippen LogP contribution >= 0.6 is 0 Å². The van der Waals surface area contributed by atoms with Crippen molar-refractivity contribution in [3.8, 4) is 5.75 Å². The van der Waals surface area contributed by atoms with Crippen LogP contribution in [-0.2, 0) is 6.42 Å². The van der Waals surface area contributed by atoms with Gasteiger partial charge in [-0.2, -0.15) is 0 Å². The topological polar surface area (TPSA) is 39.7 Å². The summed E-state index contributed by atoms with van der Waals surface area (Å²) in [7, 11) is 1.65. The fourth-order valence-electron chi connectivity index (χ4n) is 1.82. The summed E-state index contributed by atoms with van der Waals surface area (Å²) < 4.78 is 12.4. The molecule has 0 amide bonds. The average Bonchev–Trinajstić information content (AvgIpc) is 2.96. The molecule has 0 fully saturated rings. The van der Waals surface area contributed by atoms with Gasteiger partial charge in [0.25, 0.3) is 0 Å². The third-order valence-electron chi connectivity index (χ3n) is 2.65. The molecule has 0 N–H and O–H groups in total. The van der Waals surface area contributed by atoms with Crippen molar-refractivity contribution in [1.29, 1.82) is 0 Å². The highest BCUT2D eigenvalue weighted by Gasteiger charge is 2.05. The van der Waals surface area contributed by atoms with Crippen LogP contribution in [0, 0.1) is 0 Å². The highest BCUT2D eigenvalue weighted by Crippen LogP contribution is 2.15. The molecule has 0 aliphatic carbocycles. The Hall–Kier alpha value is -2.23. The Morgan fingerprint density at radius 2 is 2.35 bits per heavy atom. The van der Waals surface area contributed by atoms with Gasteiger partial charge in [0.1, 0.15) is 17.2 Å². The molecule has 0 radical (unpaired) electrons. The van der Waals surface area contributed by atoms with Gasteiger partial charge in [-0.05, 0) is 18.2 Å². The molecule has 0 atom stereocenters. The van der Waals surface area contributed by atoms with Gasteiger partial charge in [-0.1, -0.05) is 0 Å². The first kappa shape index (κ1) is 9.96. The maximum atomic E-state index is 5.30. The molecule has 3 aromatic heterocycles. The number of aromatic nitrogens is 2. The number of pyridine rings is 1. The van der Waals surface area contributed by atoms with Crippen LogP contribution in [0.5, 0.6) is 5.75 Å². The molecule has 4 heteroatoms. The number of imidazole rings is 1. The number of ether oxygens (including phenoxy) is 1. The van der Waals surface area contributed by atoms with E-state index in [1.54, 1.807) is 13.4 Å². The smallest absolute Gasteiger partial charge is 0.140 e. The third-order valence-corrected chi connectivity index (χ3v) is 2.65. The Labute approximate surface area is 98.5 Å². The standard InChI is InChI=1S/C13H12N2O2/c1-16-11-4-5-15-9-10(14-13(15)8-11)7-12-3-2-6-17-12/h2-6,8-9H,7H2,1H3. The Balaban J connectivity index is 1.96. The molecule has 86 valence electrons. The molecule has 0 saturated heterocycles. The predicted molar refractivity (Wildman–Crippen MR) is 63.3 cm³/mol. The van der Waals surface area contributed by atoms with Gasteiger partial charge in [0.15, 0.2) is 0 Å². The summed E-state index contributed by atoms with van der Waals surface area (Å²) in [5, 5.41) is 0. The monoisotopic (exact) mass is 228 g/mol. The lowest BCUT2D eigenvalue weighted by molar-refractivity contribution is 0.414. The second kappa shape index (κ2) is 3.97. The fourth-order valence-corrected chi connectivity index (χ4v) is 1.82. The zero-order valence-corrected chi connectivity index (χ0v) is 9.46. The number of nitrogens with zero attached hydrogens (tertiary/aromatic N) is 2. The first-order valence-corrected chi connectivity index (χ1v) is 5.39. The molecule has 3 rings (SSSR count). The summed E-state index contributed by atoms with van der Waals surface area (Å²) in [6, 6.07) is 7.65. The normalized spacial score (nSPS) is 10.9. The van der Waals surface area contributed by atoms with Crippen molar-refractivity contribution in [1.82, 2.24) is 9.38 Å². The Morgan fingerprint density at radius 3 is 3.12 bits per heavy atom. The van der Waals surface area contributed by atoms with Gasteiger partial charge in [-0.15, -0.1) is 0 Å². The molecule has 0 spiro atoms. The number of rotatable bonds is 3. The highest BCUT2D eigenvalue weighted by atomic mass is 16.5. The second-order valence-electron chi connectivity index (χ2n) is 3.82. The summed E-state index contributed by atoms with van der Waals surface area (Å²) in [5.41, 5.74) is 1.86. The molecular formula is C13H12N2O2. The average molecular weight is 228 g/mol. The minimum absolute atomic E-state index is 0.705. The number of fused-ring (bicyclic) bond motifs is 1. The van der Waals surface area contributed by atoms with E-state index in [1.165, 1.54) is 0 Å². The lowest BCUT2D eigenvalue weighted by Gasteiger charge is -1.98. The van der Waals surface area contributed by atoms with Gasteiger partial charge in [-0.3, -0.25) is 0 Å². The molecule has 3 aromatic rings. The summed E-state index contributed by atoms with van der Waals surface area (Å²) >= 11 is 0. The second-order valence-corrected chi connectivity index (χ2v) is 3.82. The maximum absolute atomic E-state index is 5.30. The van der Waals surface area contributed by atoms with Gasteiger partial charge in [0.05, 0.1) is 19.1 Å². The van der Waals surface area contributed by atoms with Crippen LogP contribution < -0.4 is 4.74 Å². The SMILES string of the molecule is COc1ccn2cc(Cc3ccco3)nc2c1. The van der Waals surface area contributed by atoms with Crippen LogP contribution in [0.25, 0.3) is 5.65 Å². The minimum Gasteiger partial charge on any atom is -0.497 e. The van der Waals surface area contributed by atoms with E-state index in [1.807, 2.05) is 41.1 Å². The fraction of sp³-hybridized carbons (Fsp3) is 0.154. The van der Waals surface area contributed by atoms with Gasteiger partial charge in [-0.25, -0.2) is 4.98 Å².